The van der Waals surface area contributed by atoms with Crippen LogP contribution in [0.25, 0.3) is 11.4 Å². The van der Waals surface area contributed by atoms with Crippen LogP contribution in [0.4, 0.5) is 29.5 Å². The van der Waals surface area contributed by atoms with Crippen molar-refractivity contribution in [2.75, 3.05) is 17.2 Å². The Kier molecular flexibility index (Phi) is 7.06. The van der Waals surface area contributed by atoms with Crippen LogP contribution in [0.3, 0.4) is 0 Å². The minimum atomic E-state index is -2.91. The Morgan fingerprint density at radius 1 is 1.24 bits per heavy atom. The maximum Gasteiger partial charge on any atom is 0.413 e. The third-order valence-electron chi connectivity index (χ3n) is 5.93. The third-order valence-corrected chi connectivity index (χ3v) is 6.25. The molecular formula is C22H22ClF3N8O3. The Morgan fingerprint density at radius 3 is 2.59 bits per heavy atom. The first-order valence-corrected chi connectivity index (χ1v) is 11.3. The van der Waals surface area contributed by atoms with Gasteiger partial charge in [0.25, 0.3) is 0 Å². The predicted molar refractivity (Wildman–Crippen MR) is 126 cm³/mol. The van der Waals surface area contributed by atoms with Gasteiger partial charge < -0.3 is 15.8 Å². The van der Waals surface area contributed by atoms with Crippen LogP contribution in [0.2, 0.25) is 5.15 Å². The number of alkyl halides is 2. The van der Waals surface area contributed by atoms with Gasteiger partial charge in [-0.3, -0.25) is 15.1 Å². The van der Waals surface area contributed by atoms with E-state index in [-0.39, 0.29) is 40.2 Å². The number of carbonyl (C=O) groups is 2. The lowest BCUT2D eigenvalue weighted by Gasteiger charge is -2.45. The number of hydrogen-bond acceptors (Lipinski definition) is 8. The molecule has 0 saturated heterocycles. The van der Waals surface area contributed by atoms with Gasteiger partial charge >= 0.3 is 6.09 Å². The van der Waals surface area contributed by atoms with Crippen LogP contribution in [-0.4, -0.2) is 49.4 Å². The number of nitrogens with zero attached hydrogens (tertiary/aromatic N) is 5. The van der Waals surface area contributed by atoms with Gasteiger partial charge in [-0.15, -0.1) is 5.10 Å². The third kappa shape index (κ3) is 5.49. The Labute approximate surface area is 213 Å². The highest BCUT2D eigenvalue weighted by molar-refractivity contribution is 6.30. The molecule has 1 atom stereocenters. The highest BCUT2D eigenvalue weighted by Crippen LogP contribution is 2.51. The summed E-state index contributed by atoms with van der Waals surface area (Å²) < 4.78 is 46.8. The van der Waals surface area contributed by atoms with Crippen LogP contribution in [-0.2, 0) is 16.6 Å². The first-order chi connectivity index (χ1) is 17.4. The van der Waals surface area contributed by atoms with Crippen LogP contribution < -0.4 is 16.4 Å². The van der Waals surface area contributed by atoms with E-state index in [2.05, 4.69) is 30.9 Å². The number of amides is 2. The molecule has 11 nitrogen and oxygen atoms in total. The van der Waals surface area contributed by atoms with Crippen molar-refractivity contribution in [3.8, 4) is 11.4 Å². The zero-order chi connectivity index (χ0) is 27.0. The molecule has 1 fully saturated rings. The Bertz CT molecular complexity index is 1330. The van der Waals surface area contributed by atoms with E-state index in [0.717, 1.165) is 12.3 Å². The first kappa shape index (κ1) is 26.3. The van der Waals surface area contributed by atoms with Gasteiger partial charge in [-0.2, -0.15) is 0 Å². The second-order valence-electron chi connectivity index (χ2n) is 8.70. The van der Waals surface area contributed by atoms with Gasteiger partial charge in [0.1, 0.15) is 17.1 Å². The summed E-state index contributed by atoms with van der Waals surface area (Å²) in [4.78, 5) is 33.0. The second kappa shape index (κ2) is 9.94. The zero-order valence-electron chi connectivity index (χ0n) is 19.6. The van der Waals surface area contributed by atoms with Gasteiger partial charge in [-0.1, -0.05) is 16.8 Å². The number of hydrogen-bond donors (Lipinski definition) is 3. The minimum absolute atomic E-state index is 0.00984. The van der Waals surface area contributed by atoms with Gasteiger partial charge in [-0.25, -0.2) is 27.6 Å². The van der Waals surface area contributed by atoms with Crippen LogP contribution in [0.1, 0.15) is 31.4 Å². The van der Waals surface area contributed by atoms with E-state index < -0.39 is 48.1 Å². The molecule has 1 aliphatic carbocycles. The minimum Gasteiger partial charge on any atom is -0.441 e. The van der Waals surface area contributed by atoms with Crippen molar-refractivity contribution in [1.29, 1.82) is 0 Å². The predicted octanol–water partition coefficient (Wildman–Crippen LogP) is 3.69. The number of halogens is 4. The fourth-order valence-electron chi connectivity index (χ4n) is 3.95. The second-order valence-corrected chi connectivity index (χ2v) is 9.05. The molecular weight excluding hydrogens is 517 g/mol. The summed E-state index contributed by atoms with van der Waals surface area (Å²) in [6.45, 7) is 1.30. The van der Waals surface area contributed by atoms with Crippen molar-refractivity contribution in [2.45, 2.75) is 31.8 Å². The molecule has 0 aliphatic heterocycles. The number of anilines is 2. The molecule has 15 heteroatoms. The summed E-state index contributed by atoms with van der Waals surface area (Å²) in [7, 11) is 1.53. The van der Waals surface area contributed by atoms with Crippen molar-refractivity contribution in [3.63, 3.8) is 0 Å². The van der Waals surface area contributed by atoms with Crippen molar-refractivity contribution in [3.05, 3.63) is 47.1 Å². The first-order valence-electron chi connectivity index (χ1n) is 11.0. The normalized spacial score (nSPS) is 16.4. The average molecular weight is 539 g/mol. The maximum atomic E-state index is 13.5. The lowest BCUT2D eigenvalue weighted by atomic mass is 9.65. The number of ether oxygens (including phenoxy) is 1. The lowest BCUT2D eigenvalue weighted by Crippen LogP contribution is -2.57. The topological polar surface area (TPSA) is 150 Å². The molecule has 4 N–H and O–H groups in total. The standard InChI is InChI=1S/C22H22ClF3N8O3/c1-11(14-5-12(24)6-29-17(14)23)37-20(36)31-18-16(32-33-34(18)2)15-4-3-13(7-28-15)30-19(35)21(10-27)8-22(25,26)9-21/h3-7,11H,8-10,27H2,1-2H3,(H,30,35)(H,31,36)/t11-/m1/s1. The van der Waals surface area contributed by atoms with Crippen LogP contribution >= 0.6 is 11.6 Å². The number of nitrogens with one attached hydrogen (secondary N) is 2. The molecule has 196 valence electrons. The van der Waals surface area contributed by atoms with Crippen molar-refractivity contribution in [1.82, 2.24) is 25.0 Å². The summed E-state index contributed by atoms with van der Waals surface area (Å²) >= 11 is 5.96. The summed E-state index contributed by atoms with van der Waals surface area (Å²) in [6, 6.07) is 4.11. The molecule has 1 aliphatic rings. The molecule has 3 aromatic rings. The molecule has 2 amide bonds. The summed E-state index contributed by atoms with van der Waals surface area (Å²) in [5.74, 6) is -4.01. The summed E-state index contributed by atoms with van der Waals surface area (Å²) in [6.07, 6.45) is -0.788. The summed E-state index contributed by atoms with van der Waals surface area (Å²) in [5.41, 5.74) is 5.18. The maximum absolute atomic E-state index is 13.5. The molecule has 4 rings (SSSR count). The quantitative estimate of drug-likeness (QED) is 0.385. The number of carbonyl (C=O) groups excluding carboxylic acids is 2. The van der Waals surface area contributed by atoms with Gasteiger partial charge in [0.2, 0.25) is 11.8 Å². The summed E-state index contributed by atoms with van der Waals surface area (Å²) in [5, 5.41) is 12.9. The number of aromatic nitrogens is 5. The fourth-order valence-corrected chi connectivity index (χ4v) is 4.21. The monoisotopic (exact) mass is 538 g/mol. The van der Waals surface area contributed by atoms with E-state index >= 15 is 0 Å². The molecule has 1 saturated carbocycles. The van der Waals surface area contributed by atoms with Gasteiger partial charge in [0.15, 0.2) is 11.5 Å². The Hall–Kier alpha value is -3.78. The van der Waals surface area contributed by atoms with E-state index in [4.69, 9.17) is 22.1 Å². The van der Waals surface area contributed by atoms with E-state index in [9.17, 15) is 22.8 Å². The zero-order valence-corrected chi connectivity index (χ0v) is 20.4. The molecule has 37 heavy (non-hydrogen) atoms. The van der Waals surface area contributed by atoms with Gasteiger partial charge in [-0.05, 0) is 25.1 Å². The van der Waals surface area contributed by atoms with Crippen LogP contribution in [0.5, 0.6) is 0 Å². The molecule has 0 spiro atoms. The molecule has 0 radical (unpaired) electrons. The number of pyridine rings is 2. The average Bonchev–Trinajstić information content (AvgIpc) is 3.18. The lowest BCUT2D eigenvalue weighted by molar-refractivity contribution is -0.172. The SMILES string of the molecule is C[C@@H](OC(=O)Nc1c(-c2ccc(NC(=O)C3(CN)CC(F)(F)C3)cn2)nnn1C)c1cc(F)cnc1Cl. The van der Waals surface area contributed by atoms with Crippen molar-refractivity contribution in [2.24, 2.45) is 18.2 Å². The molecule has 0 bridgehead atoms. The van der Waals surface area contributed by atoms with Crippen LogP contribution in [0.15, 0.2) is 30.6 Å². The molecule has 3 heterocycles. The number of rotatable bonds is 7. The smallest absolute Gasteiger partial charge is 0.413 e. The highest BCUT2D eigenvalue weighted by atomic mass is 35.5. The number of aryl methyl sites for hydroxylation is 1. The van der Waals surface area contributed by atoms with E-state index in [1.165, 1.54) is 37.0 Å². The van der Waals surface area contributed by atoms with E-state index in [0.29, 0.717) is 0 Å². The van der Waals surface area contributed by atoms with Gasteiger partial charge in [0, 0.05) is 32.0 Å². The largest absolute Gasteiger partial charge is 0.441 e. The highest BCUT2D eigenvalue weighted by Gasteiger charge is 2.60. The van der Waals surface area contributed by atoms with Crippen molar-refractivity contribution >= 4 is 35.1 Å². The molecule has 3 aromatic heterocycles. The Morgan fingerprint density at radius 2 is 1.97 bits per heavy atom. The Balaban J connectivity index is 1.44. The molecule has 0 aromatic carbocycles. The van der Waals surface area contributed by atoms with Crippen molar-refractivity contribution < 1.29 is 27.5 Å². The van der Waals surface area contributed by atoms with Crippen LogP contribution in [0, 0.1) is 11.2 Å². The van der Waals surface area contributed by atoms with E-state index in [1.807, 2.05) is 0 Å². The number of nitrogens with two attached hydrogens (primary N) is 1. The molecule has 0 unspecified atom stereocenters. The van der Waals surface area contributed by atoms with E-state index in [1.54, 1.807) is 0 Å². The van der Waals surface area contributed by atoms with Gasteiger partial charge in [0.05, 0.1) is 29.2 Å². The fraction of sp³-hybridized carbons (Fsp3) is 0.364.